The van der Waals surface area contributed by atoms with Crippen LogP contribution in [0.25, 0.3) is 27.8 Å². The van der Waals surface area contributed by atoms with Gasteiger partial charge in [0.15, 0.2) is 5.65 Å². The van der Waals surface area contributed by atoms with Crippen molar-refractivity contribution in [1.82, 2.24) is 34.5 Å². The lowest BCUT2D eigenvalue weighted by molar-refractivity contribution is 0.0916. The molecule has 5 aromatic rings. The van der Waals surface area contributed by atoms with E-state index in [1.165, 1.54) is 14.7 Å². The van der Waals surface area contributed by atoms with Crippen molar-refractivity contribution >= 4 is 16.9 Å². The molecule has 3 aromatic heterocycles. The van der Waals surface area contributed by atoms with E-state index in [0.717, 1.165) is 48.6 Å². The third-order valence-corrected chi connectivity index (χ3v) is 9.25. The van der Waals surface area contributed by atoms with E-state index >= 15 is 0 Å². The van der Waals surface area contributed by atoms with Crippen molar-refractivity contribution in [3.8, 4) is 16.8 Å². The average Bonchev–Trinajstić information content (AvgIpc) is 3.42. The number of fused-ring (bicyclic) bond motifs is 1. The molecule has 250 valence electrons. The van der Waals surface area contributed by atoms with E-state index in [1.54, 1.807) is 23.9 Å². The van der Waals surface area contributed by atoms with E-state index in [4.69, 9.17) is 0 Å². The molecule has 0 radical (unpaired) electrons. The fourth-order valence-corrected chi connectivity index (χ4v) is 6.41. The van der Waals surface area contributed by atoms with Crippen LogP contribution in [0, 0.1) is 18.7 Å². The minimum Gasteiger partial charge on any atom is -0.348 e. The molecule has 48 heavy (non-hydrogen) atoms. The molecule has 3 heterocycles. The van der Waals surface area contributed by atoms with Crippen LogP contribution >= 0.6 is 0 Å². The second kappa shape index (κ2) is 14.1. The van der Waals surface area contributed by atoms with Crippen LogP contribution in [0.1, 0.15) is 73.7 Å². The summed E-state index contributed by atoms with van der Waals surface area (Å²) in [4.78, 5) is 45.0. The molecule has 1 aliphatic carbocycles. The van der Waals surface area contributed by atoms with Gasteiger partial charge in [0.05, 0.1) is 17.3 Å². The summed E-state index contributed by atoms with van der Waals surface area (Å²) in [6.45, 7) is 8.06. The van der Waals surface area contributed by atoms with Gasteiger partial charge >= 0.3 is 5.69 Å². The van der Waals surface area contributed by atoms with Gasteiger partial charge in [-0.3, -0.25) is 18.8 Å². The second-order valence-corrected chi connectivity index (χ2v) is 13.2. The molecule has 2 aromatic carbocycles. The Morgan fingerprint density at radius 2 is 1.75 bits per heavy atom. The fourth-order valence-electron chi connectivity index (χ4n) is 6.41. The first-order valence-corrected chi connectivity index (χ1v) is 16.6. The maximum absolute atomic E-state index is 14.5. The van der Waals surface area contributed by atoms with Crippen LogP contribution in [0.4, 0.5) is 4.39 Å². The smallest absolute Gasteiger partial charge is 0.337 e. The van der Waals surface area contributed by atoms with Crippen LogP contribution in [-0.4, -0.2) is 42.4 Å². The molecule has 0 spiro atoms. The Labute approximate surface area is 278 Å². The summed E-state index contributed by atoms with van der Waals surface area (Å²) in [5, 5.41) is 10.8. The summed E-state index contributed by atoms with van der Waals surface area (Å²) in [6, 6.07) is 18.2. The molecule has 0 aliphatic heterocycles. The number of aryl methyl sites for hydroxylation is 2. The monoisotopic (exact) mass is 651 g/mol. The van der Waals surface area contributed by atoms with Crippen molar-refractivity contribution in [2.24, 2.45) is 13.0 Å². The van der Waals surface area contributed by atoms with E-state index in [-0.39, 0.29) is 23.0 Å². The number of benzene rings is 2. The van der Waals surface area contributed by atoms with Crippen molar-refractivity contribution in [1.29, 1.82) is 0 Å². The minimum atomic E-state index is -0.653. The Balaban J connectivity index is 1.27. The Kier molecular flexibility index (Phi) is 9.68. The third-order valence-electron chi connectivity index (χ3n) is 9.25. The highest BCUT2D eigenvalue weighted by Gasteiger charge is 2.28. The predicted molar refractivity (Wildman–Crippen MR) is 185 cm³/mol. The number of pyridine rings is 1. The highest BCUT2D eigenvalue weighted by molar-refractivity contribution is 5.92. The lowest BCUT2D eigenvalue weighted by atomic mass is 9.90. The molecule has 6 rings (SSSR count). The number of halogens is 1. The summed E-state index contributed by atoms with van der Waals surface area (Å²) >= 11 is 0. The van der Waals surface area contributed by atoms with E-state index in [9.17, 15) is 18.8 Å². The molecule has 10 nitrogen and oxygen atoms in total. The van der Waals surface area contributed by atoms with Crippen LogP contribution < -0.4 is 21.9 Å². The van der Waals surface area contributed by atoms with Crippen molar-refractivity contribution < 1.29 is 9.18 Å². The molecule has 1 saturated carbocycles. The van der Waals surface area contributed by atoms with Crippen LogP contribution in [0.2, 0.25) is 0 Å². The Morgan fingerprint density at radius 1 is 1.00 bits per heavy atom. The number of nitrogens with one attached hydrogen (secondary N) is 2. The molecule has 0 atom stereocenters. The zero-order chi connectivity index (χ0) is 33.9. The number of carbonyl (C=O) groups is 1. The van der Waals surface area contributed by atoms with E-state index in [0.29, 0.717) is 43.0 Å². The van der Waals surface area contributed by atoms with Gasteiger partial charge in [0.1, 0.15) is 11.5 Å². The first-order chi connectivity index (χ1) is 23.1. The van der Waals surface area contributed by atoms with Gasteiger partial charge < -0.3 is 10.6 Å². The number of hydrogen-bond acceptors (Lipinski definition) is 6. The normalized spacial score (nSPS) is 16.5. The maximum atomic E-state index is 14.5. The van der Waals surface area contributed by atoms with Crippen molar-refractivity contribution in [2.45, 2.75) is 71.5 Å². The molecular formula is C37H42FN7O3. The van der Waals surface area contributed by atoms with Gasteiger partial charge in [-0.1, -0.05) is 50.2 Å². The fraction of sp³-hybridized carbons (Fsp3) is 0.378. The Hall–Kier alpha value is -4.90. The quantitative estimate of drug-likeness (QED) is 0.194. The molecule has 0 unspecified atom stereocenters. The van der Waals surface area contributed by atoms with Gasteiger partial charge in [-0.05, 0) is 92.4 Å². The zero-order valence-electron chi connectivity index (χ0n) is 27.9. The standard InChI is InChI=1S/C37H42FN7O3/c1-23(2)16-17-39-21-25-8-10-26(11-9-25)27-6-5-7-31(19-27)44-34-32(20-28(38)22-40-34)36(47)45(37(44)48)30-14-12-29(13-15-30)41-35(46)33-18-24(3)43(4)42-33/h5-11,18-20,22-23,29-30,39H,12-17,21H2,1-4H3,(H,41,46). The van der Waals surface area contributed by atoms with Gasteiger partial charge in [0, 0.05) is 31.4 Å². The van der Waals surface area contributed by atoms with E-state index in [2.05, 4.69) is 58.8 Å². The minimum absolute atomic E-state index is 0.0373. The van der Waals surface area contributed by atoms with Crippen LogP contribution in [0.5, 0.6) is 0 Å². The highest BCUT2D eigenvalue weighted by atomic mass is 19.1. The predicted octanol–water partition coefficient (Wildman–Crippen LogP) is 5.44. The van der Waals surface area contributed by atoms with Crippen molar-refractivity contribution in [3.05, 3.63) is 110 Å². The second-order valence-electron chi connectivity index (χ2n) is 13.2. The van der Waals surface area contributed by atoms with Crippen molar-refractivity contribution in [3.63, 3.8) is 0 Å². The third kappa shape index (κ3) is 7.01. The lowest BCUT2D eigenvalue weighted by Crippen LogP contribution is -2.45. The zero-order valence-corrected chi connectivity index (χ0v) is 27.9. The Morgan fingerprint density at radius 3 is 2.44 bits per heavy atom. The van der Waals surface area contributed by atoms with Crippen LogP contribution in [0.15, 0.2) is 76.4 Å². The number of nitrogens with zero attached hydrogens (tertiary/aromatic N) is 5. The van der Waals surface area contributed by atoms with Gasteiger partial charge in [-0.15, -0.1) is 0 Å². The number of carbonyl (C=O) groups excluding carboxylic acids is 1. The van der Waals surface area contributed by atoms with Gasteiger partial charge in [-0.25, -0.2) is 18.7 Å². The van der Waals surface area contributed by atoms with Crippen molar-refractivity contribution in [2.75, 3.05) is 6.54 Å². The summed E-state index contributed by atoms with van der Waals surface area (Å²) < 4.78 is 18.8. The Bertz CT molecular complexity index is 2040. The summed E-state index contributed by atoms with van der Waals surface area (Å²) in [6.07, 6.45) is 4.29. The van der Waals surface area contributed by atoms with E-state index in [1.807, 2.05) is 25.1 Å². The molecule has 2 N–H and O–H groups in total. The summed E-state index contributed by atoms with van der Waals surface area (Å²) in [5.41, 5.74) is 3.83. The van der Waals surface area contributed by atoms with Crippen LogP contribution in [-0.2, 0) is 13.6 Å². The SMILES string of the molecule is Cc1cc(C(=O)NC2CCC(n3c(=O)c4cc(F)cnc4n(-c4cccc(-c5ccc(CNCCC(C)C)cc5)c4)c3=O)CC2)nn1C. The number of amides is 1. The average molecular weight is 652 g/mol. The molecule has 1 fully saturated rings. The van der Waals surface area contributed by atoms with E-state index < -0.39 is 23.1 Å². The molecule has 0 bridgehead atoms. The first-order valence-electron chi connectivity index (χ1n) is 16.6. The molecule has 1 aliphatic rings. The molecule has 11 heteroatoms. The number of hydrogen-bond donors (Lipinski definition) is 2. The largest absolute Gasteiger partial charge is 0.348 e. The number of rotatable bonds is 10. The molecular weight excluding hydrogens is 609 g/mol. The maximum Gasteiger partial charge on any atom is 0.337 e. The summed E-state index contributed by atoms with van der Waals surface area (Å²) in [7, 11) is 1.79. The van der Waals surface area contributed by atoms with Gasteiger partial charge in [0.25, 0.3) is 11.5 Å². The lowest BCUT2D eigenvalue weighted by Gasteiger charge is -2.30. The highest BCUT2D eigenvalue weighted by Crippen LogP contribution is 2.28. The topological polar surface area (TPSA) is 116 Å². The molecule has 1 amide bonds. The number of aromatic nitrogens is 5. The first kappa shape index (κ1) is 33.0. The van der Waals surface area contributed by atoms with Crippen LogP contribution in [0.3, 0.4) is 0 Å². The molecule has 0 saturated heterocycles. The van der Waals surface area contributed by atoms with Gasteiger partial charge in [0.2, 0.25) is 0 Å². The summed E-state index contributed by atoms with van der Waals surface area (Å²) in [5.74, 6) is -0.246. The van der Waals surface area contributed by atoms with Gasteiger partial charge in [-0.2, -0.15) is 5.10 Å².